The number of hydrogen-bond acceptors (Lipinski definition) is 7. The molecule has 29 heavy (non-hydrogen) atoms. The SMILES string of the molecule is Cc1ccc(Nc2ncnc(NNC(=O)c3ccccc3F)c2[N+](=O)[O-])cc1C. The number of amides is 1. The summed E-state index contributed by atoms with van der Waals surface area (Å²) in [6.45, 7) is 3.87. The second kappa shape index (κ2) is 8.30. The van der Waals surface area contributed by atoms with Gasteiger partial charge in [0.25, 0.3) is 5.91 Å². The molecule has 0 fully saturated rings. The molecule has 148 valence electrons. The van der Waals surface area contributed by atoms with Crippen LogP contribution in [0.5, 0.6) is 0 Å². The summed E-state index contributed by atoms with van der Waals surface area (Å²) in [4.78, 5) is 30.8. The van der Waals surface area contributed by atoms with E-state index in [1.807, 2.05) is 26.0 Å². The number of hydrogen-bond donors (Lipinski definition) is 3. The van der Waals surface area contributed by atoms with Gasteiger partial charge in [0.15, 0.2) is 0 Å². The molecule has 1 aromatic heterocycles. The zero-order chi connectivity index (χ0) is 21.0. The lowest BCUT2D eigenvalue weighted by molar-refractivity contribution is -0.383. The van der Waals surface area contributed by atoms with Crippen molar-refractivity contribution >= 4 is 28.9 Å². The van der Waals surface area contributed by atoms with Gasteiger partial charge in [0.2, 0.25) is 11.6 Å². The Hall–Kier alpha value is -4.08. The van der Waals surface area contributed by atoms with Crippen LogP contribution in [0.25, 0.3) is 0 Å². The van der Waals surface area contributed by atoms with Crippen molar-refractivity contribution in [3.63, 3.8) is 0 Å². The van der Waals surface area contributed by atoms with Crippen molar-refractivity contribution in [1.82, 2.24) is 15.4 Å². The van der Waals surface area contributed by atoms with E-state index in [0.29, 0.717) is 5.69 Å². The second-order valence-corrected chi connectivity index (χ2v) is 6.16. The van der Waals surface area contributed by atoms with Crippen LogP contribution < -0.4 is 16.2 Å². The van der Waals surface area contributed by atoms with E-state index in [9.17, 15) is 19.3 Å². The predicted octanol–water partition coefficient (Wildman–Crippen LogP) is 3.64. The maximum absolute atomic E-state index is 13.7. The van der Waals surface area contributed by atoms with Crippen molar-refractivity contribution in [2.24, 2.45) is 0 Å². The van der Waals surface area contributed by atoms with Crippen LogP contribution in [0.15, 0.2) is 48.8 Å². The number of halogens is 1. The van der Waals surface area contributed by atoms with Crippen LogP contribution in [-0.4, -0.2) is 20.8 Å². The number of carbonyl (C=O) groups is 1. The molecule has 0 bridgehead atoms. The van der Waals surface area contributed by atoms with Gasteiger partial charge in [-0.25, -0.2) is 14.4 Å². The van der Waals surface area contributed by atoms with Gasteiger partial charge in [0, 0.05) is 5.69 Å². The van der Waals surface area contributed by atoms with E-state index in [0.717, 1.165) is 23.5 Å². The molecule has 3 N–H and O–H groups in total. The number of carbonyl (C=O) groups excluding carboxylic acids is 1. The van der Waals surface area contributed by atoms with Gasteiger partial charge < -0.3 is 5.32 Å². The Morgan fingerprint density at radius 3 is 2.48 bits per heavy atom. The van der Waals surface area contributed by atoms with E-state index in [-0.39, 0.29) is 17.2 Å². The Balaban J connectivity index is 1.85. The molecular formula is C19H17FN6O3. The molecule has 1 heterocycles. The second-order valence-electron chi connectivity index (χ2n) is 6.16. The Bertz CT molecular complexity index is 1090. The molecule has 0 unspecified atom stereocenters. The molecule has 0 radical (unpaired) electrons. The first-order valence-electron chi connectivity index (χ1n) is 8.51. The Morgan fingerprint density at radius 2 is 1.79 bits per heavy atom. The molecule has 0 aliphatic carbocycles. The number of hydrazine groups is 1. The van der Waals surface area contributed by atoms with Gasteiger partial charge >= 0.3 is 5.69 Å². The molecule has 0 saturated heterocycles. The number of aryl methyl sites for hydroxylation is 2. The topological polar surface area (TPSA) is 122 Å². The lowest BCUT2D eigenvalue weighted by atomic mass is 10.1. The highest BCUT2D eigenvalue weighted by Crippen LogP contribution is 2.31. The number of nitrogens with zero attached hydrogens (tertiary/aromatic N) is 3. The number of aromatic nitrogens is 2. The average Bonchev–Trinajstić information content (AvgIpc) is 2.69. The van der Waals surface area contributed by atoms with Crippen LogP contribution in [0, 0.1) is 29.8 Å². The Kier molecular flexibility index (Phi) is 5.63. The fraction of sp³-hybridized carbons (Fsp3) is 0.105. The molecule has 0 saturated carbocycles. The lowest BCUT2D eigenvalue weighted by Gasteiger charge is -2.12. The van der Waals surface area contributed by atoms with E-state index in [4.69, 9.17) is 0 Å². The van der Waals surface area contributed by atoms with Crippen molar-refractivity contribution in [3.05, 3.63) is 81.4 Å². The third kappa shape index (κ3) is 4.43. The highest BCUT2D eigenvalue weighted by atomic mass is 19.1. The maximum Gasteiger partial charge on any atom is 0.355 e. The van der Waals surface area contributed by atoms with Gasteiger partial charge in [-0.3, -0.25) is 25.8 Å². The summed E-state index contributed by atoms with van der Waals surface area (Å²) in [5.74, 6) is -1.84. The smallest absolute Gasteiger partial charge is 0.334 e. The molecule has 0 aliphatic rings. The van der Waals surface area contributed by atoms with Crippen LogP contribution in [-0.2, 0) is 0 Å². The zero-order valence-electron chi connectivity index (χ0n) is 15.6. The standard InChI is InChI=1S/C19H17FN6O3/c1-11-7-8-13(9-12(11)2)23-17-16(26(28)29)18(22-10-21-17)24-25-19(27)14-5-3-4-6-15(14)20/h3-10H,1-2H3,(H,25,27)(H2,21,22,23,24). The van der Waals surface area contributed by atoms with Crippen LogP contribution in [0.3, 0.4) is 0 Å². The Labute approximate surface area is 165 Å². The number of nitro groups is 1. The first kappa shape index (κ1) is 19.7. The quantitative estimate of drug-likeness (QED) is 0.429. The number of benzene rings is 2. The van der Waals surface area contributed by atoms with Gasteiger partial charge in [-0.05, 0) is 49.2 Å². The first-order valence-corrected chi connectivity index (χ1v) is 8.51. The monoisotopic (exact) mass is 396 g/mol. The molecule has 2 aromatic carbocycles. The van der Waals surface area contributed by atoms with Gasteiger partial charge in [0.1, 0.15) is 12.1 Å². The molecular weight excluding hydrogens is 379 g/mol. The van der Waals surface area contributed by atoms with Crippen molar-refractivity contribution in [3.8, 4) is 0 Å². The molecule has 0 atom stereocenters. The summed E-state index contributed by atoms with van der Waals surface area (Å²) in [6, 6.07) is 10.8. The minimum absolute atomic E-state index is 0.0594. The predicted molar refractivity (Wildman–Crippen MR) is 105 cm³/mol. The van der Waals surface area contributed by atoms with Crippen molar-refractivity contribution < 1.29 is 14.1 Å². The number of anilines is 3. The molecule has 0 spiro atoms. The van der Waals surface area contributed by atoms with Crippen LogP contribution in [0.1, 0.15) is 21.5 Å². The molecule has 0 aliphatic heterocycles. The fourth-order valence-electron chi connectivity index (χ4n) is 2.52. The van der Waals surface area contributed by atoms with Crippen LogP contribution >= 0.6 is 0 Å². The fourth-order valence-corrected chi connectivity index (χ4v) is 2.52. The number of nitrogens with one attached hydrogen (secondary N) is 3. The third-order valence-electron chi connectivity index (χ3n) is 4.19. The largest absolute Gasteiger partial charge is 0.355 e. The summed E-state index contributed by atoms with van der Waals surface area (Å²) in [7, 11) is 0. The summed E-state index contributed by atoms with van der Waals surface area (Å²) in [6.07, 6.45) is 1.11. The summed E-state index contributed by atoms with van der Waals surface area (Å²) in [5.41, 5.74) is 6.57. The van der Waals surface area contributed by atoms with Gasteiger partial charge in [-0.1, -0.05) is 18.2 Å². The van der Waals surface area contributed by atoms with E-state index < -0.39 is 22.3 Å². The van der Waals surface area contributed by atoms with E-state index in [1.165, 1.54) is 18.2 Å². The summed E-state index contributed by atoms with van der Waals surface area (Å²) in [5, 5.41) is 14.5. The van der Waals surface area contributed by atoms with Gasteiger partial charge in [-0.15, -0.1) is 0 Å². The minimum Gasteiger partial charge on any atom is -0.334 e. The molecule has 1 amide bonds. The first-order chi connectivity index (χ1) is 13.9. The van der Waals surface area contributed by atoms with Crippen molar-refractivity contribution in [2.45, 2.75) is 13.8 Å². The Morgan fingerprint density at radius 1 is 1.07 bits per heavy atom. The van der Waals surface area contributed by atoms with Gasteiger partial charge in [0.05, 0.1) is 10.5 Å². The minimum atomic E-state index is -0.806. The highest BCUT2D eigenvalue weighted by molar-refractivity contribution is 5.95. The highest BCUT2D eigenvalue weighted by Gasteiger charge is 2.24. The zero-order valence-corrected chi connectivity index (χ0v) is 15.6. The molecule has 10 heteroatoms. The molecule has 9 nitrogen and oxygen atoms in total. The number of rotatable bonds is 6. The van der Waals surface area contributed by atoms with E-state index in [2.05, 4.69) is 26.1 Å². The van der Waals surface area contributed by atoms with Crippen LogP contribution in [0.2, 0.25) is 0 Å². The van der Waals surface area contributed by atoms with Crippen LogP contribution in [0.4, 0.5) is 27.4 Å². The van der Waals surface area contributed by atoms with Crippen molar-refractivity contribution in [1.29, 1.82) is 0 Å². The van der Waals surface area contributed by atoms with Crippen molar-refractivity contribution in [2.75, 3.05) is 10.7 Å². The van der Waals surface area contributed by atoms with Gasteiger partial charge in [-0.2, -0.15) is 0 Å². The summed E-state index contributed by atoms with van der Waals surface area (Å²) < 4.78 is 13.7. The lowest BCUT2D eigenvalue weighted by Crippen LogP contribution is -2.31. The third-order valence-corrected chi connectivity index (χ3v) is 4.19. The summed E-state index contributed by atoms with van der Waals surface area (Å²) >= 11 is 0. The molecule has 3 rings (SSSR count). The van der Waals surface area contributed by atoms with E-state index >= 15 is 0 Å². The normalized spacial score (nSPS) is 10.3. The maximum atomic E-state index is 13.7. The van der Waals surface area contributed by atoms with E-state index in [1.54, 1.807) is 6.07 Å². The average molecular weight is 396 g/mol. The molecule has 3 aromatic rings.